The summed E-state index contributed by atoms with van der Waals surface area (Å²) in [5.74, 6) is -0.127. The van der Waals surface area contributed by atoms with Crippen molar-refractivity contribution in [2.45, 2.75) is 20.8 Å². The zero-order valence-corrected chi connectivity index (χ0v) is 8.97. The van der Waals surface area contributed by atoms with Crippen LogP contribution in [0.4, 0.5) is 0 Å². The van der Waals surface area contributed by atoms with E-state index < -0.39 is 5.41 Å². The molecule has 0 fully saturated rings. The summed E-state index contributed by atoms with van der Waals surface area (Å²) in [5.41, 5.74) is -0.416. The Bertz CT molecular complexity index is 133. The first-order valence-electron chi connectivity index (χ1n) is 2.81. The molecule has 0 aromatic carbocycles. The molecule has 0 heterocycles. The second-order valence-electron chi connectivity index (χ2n) is 2.92. The third kappa shape index (κ3) is 5.03. The maximum atomic E-state index is 10.8. The Kier molecular flexibility index (Phi) is 6.35. The fraction of sp³-hybridized carbons (Fsp3) is 0.571. The van der Waals surface area contributed by atoms with E-state index in [1.54, 1.807) is 20.8 Å². The Morgan fingerprint density at radius 3 is 1.90 bits per heavy atom. The summed E-state index contributed by atoms with van der Waals surface area (Å²) in [7, 11) is 0. The number of rotatable bonds is 1. The maximum absolute atomic E-state index is 10.8. The molecule has 3 heteroatoms. The van der Waals surface area contributed by atoms with Crippen LogP contribution in [-0.4, -0.2) is 5.78 Å². The van der Waals surface area contributed by atoms with Gasteiger partial charge < -0.3 is 5.11 Å². The first-order valence-corrected chi connectivity index (χ1v) is 2.81. The van der Waals surface area contributed by atoms with Gasteiger partial charge in [-0.3, -0.25) is 4.79 Å². The zero-order chi connectivity index (χ0) is 7.49. The van der Waals surface area contributed by atoms with E-state index in [4.69, 9.17) is 0 Å². The molecule has 2 nitrogen and oxygen atoms in total. The van der Waals surface area contributed by atoms with Crippen molar-refractivity contribution in [2.75, 3.05) is 0 Å². The van der Waals surface area contributed by atoms with Gasteiger partial charge in [0.05, 0.1) is 0 Å². The molecule has 0 bridgehead atoms. The summed E-state index contributed by atoms with van der Waals surface area (Å²) >= 11 is 0. The minimum atomic E-state index is -0.416. The van der Waals surface area contributed by atoms with Crippen molar-refractivity contribution in [3.05, 3.63) is 12.3 Å². The Hall–Kier alpha value is 0.210. The minimum absolute atomic E-state index is 0. The molecule has 0 N–H and O–H groups in total. The molecule has 0 saturated heterocycles. The predicted octanol–water partition coefficient (Wildman–Crippen LogP) is -2.52. The molecular weight excluding hydrogens is 139 g/mol. The van der Waals surface area contributed by atoms with Gasteiger partial charge in [-0.25, -0.2) is 0 Å². The molecule has 0 rings (SSSR count). The normalized spacial score (nSPS) is 11.1. The quantitative estimate of drug-likeness (QED) is 0.235. The van der Waals surface area contributed by atoms with Crippen LogP contribution in [0, 0.1) is 5.41 Å². The fourth-order valence-electron chi connectivity index (χ4n) is 0.312. The molecule has 0 radical (unpaired) electrons. The van der Waals surface area contributed by atoms with Crippen molar-refractivity contribution in [1.29, 1.82) is 0 Å². The maximum Gasteiger partial charge on any atom is 1.00 e. The second kappa shape index (κ2) is 4.94. The van der Waals surface area contributed by atoms with Crippen LogP contribution < -0.4 is 34.7 Å². The van der Waals surface area contributed by atoms with Gasteiger partial charge in [-0.15, -0.1) is 6.26 Å². The van der Waals surface area contributed by atoms with E-state index in [0.29, 0.717) is 6.26 Å². The van der Waals surface area contributed by atoms with Gasteiger partial charge in [0.25, 0.3) is 0 Å². The SMILES string of the molecule is CC(C)(C)C(=O)C=C[O-].[Na+]. The minimum Gasteiger partial charge on any atom is -0.878 e. The van der Waals surface area contributed by atoms with E-state index in [1.807, 2.05) is 0 Å². The van der Waals surface area contributed by atoms with E-state index in [2.05, 4.69) is 0 Å². The van der Waals surface area contributed by atoms with E-state index in [-0.39, 0.29) is 35.3 Å². The Morgan fingerprint density at radius 1 is 1.40 bits per heavy atom. The Balaban J connectivity index is 0. The third-order valence-corrected chi connectivity index (χ3v) is 0.959. The van der Waals surface area contributed by atoms with Gasteiger partial charge in [0.15, 0.2) is 5.78 Å². The molecule has 0 aliphatic heterocycles. The summed E-state index contributed by atoms with van der Waals surface area (Å²) in [4.78, 5) is 10.8. The van der Waals surface area contributed by atoms with Gasteiger partial charge in [0.1, 0.15) is 0 Å². The predicted molar refractivity (Wildman–Crippen MR) is 33.6 cm³/mol. The summed E-state index contributed by atoms with van der Waals surface area (Å²) in [5, 5.41) is 9.79. The first kappa shape index (κ1) is 12.8. The average Bonchev–Trinajstić information content (AvgIpc) is 1.64. The Labute approximate surface area is 83.6 Å². The zero-order valence-electron chi connectivity index (χ0n) is 6.97. The summed E-state index contributed by atoms with van der Waals surface area (Å²) in [6, 6.07) is 0. The standard InChI is InChI=1S/C7H12O2.Na/c1-7(2,3)6(9)4-5-8;/h4-5,8H,1-3H3;/q;+1/p-1. The largest absolute Gasteiger partial charge is 1.00 e. The van der Waals surface area contributed by atoms with Crippen molar-refractivity contribution >= 4 is 5.78 Å². The molecule has 0 atom stereocenters. The first-order chi connectivity index (χ1) is 3.98. The third-order valence-electron chi connectivity index (χ3n) is 0.959. The number of carbonyl (C=O) groups excluding carboxylic acids is 1. The van der Waals surface area contributed by atoms with Gasteiger partial charge in [-0.1, -0.05) is 20.8 Å². The van der Waals surface area contributed by atoms with Crippen molar-refractivity contribution in [1.82, 2.24) is 0 Å². The smallest absolute Gasteiger partial charge is 0.878 e. The van der Waals surface area contributed by atoms with Crippen molar-refractivity contribution in [3.63, 3.8) is 0 Å². The van der Waals surface area contributed by atoms with E-state index in [1.165, 1.54) is 0 Å². The number of hydrogen-bond donors (Lipinski definition) is 0. The van der Waals surface area contributed by atoms with Crippen LogP contribution in [0.5, 0.6) is 0 Å². The fourth-order valence-corrected chi connectivity index (χ4v) is 0.312. The van der Waals surface area contributed by atoms with Gasteiger partial charge in [-0.05, 0) is 6.08 Å². The van der Waals surface area contributed by atoms with Crippen LogP contribution in [0.25, 0.3) is 0 Å². The van der Waals surface area contributed by atoms with Gasteiger partial charge >= 0.3 is 29.6 Å². The summed E-state index contributed by atoms with van der Waals surface area (Å²) in [6.07, 6.45) is 1.58. The van der Waals surface area contributed by atoms with E-state index in [0.717, 1.165) is 6.08 Å². The molecule has 0 amide bonds. The molecule has 0 aliphatic carbocycles. The van der Waals surface area contributed by atoms with Gasteiger partial charge in [0.2, 0.25) is 0 Å². The average molecular weight is 150 g/mol. The number of allylic oxidation sites excluding steroid dienone is 1. The van der Waals surface area contributed by atoms with Crippen LogP contribution >= 0.6 is 0 Å². The molecule has 0 aliphatic rings. The van der Waals surface area contributed by atoms with Crippen LogP contribution in [-0.2, 0) is 4.79 Å². The van der Waals surface area contributed by atoms with Crippen LogP contribution in [0.1, 0.15) is 20.8 Å². The van der Waals surface area contributed by atoms with Gasteiger partial charge in [0, 0.05) is 5.41 Å². The molecule has 0 spiro atoms. The van der Waals surface area contributed by atoms with Crippen LogP contribution in [0.15, 0.2) is 12.3 Å². The summed E-state index contributed by atoms with van der Waals surface area (Å²) in [6.45, 7) is 5.32. The van der Waals surface area contributed by atoms with E-state index in [9.17, 15) is 9.90 Å². The number of ketones is 1. The molecule has 0 aromatic rings. The van der Waals surface area contributed by atoms with Crippen molar-refractivity contribution < 1.29 is 39.5 Å². The Morgan fingerprint density at radius 2 is 1.80 bits per heavy atom. The van der Waals surface area contributed by atoms with Crippen LogP contribution in [0.3, 0.4) is 0 Å². The van der Waals surface area contributed by atoms with Crippen LogP contribution in [0.2, 0.25) is 0 Å². The molecule has 10 heavy (non-hydrogen) atoms. The molecule has 0 unspecified atom stereocenters. The molecule has 0 aromatic heterocycles. The topological polar surface area (TPSA) is 40.1 Å². The van der Waals surface area contributed by atoms with Gasteiger partial charge in [-0.2, -0.15) is 0 Å². The van der Waals surface area contributed by atoms with Crippen molar-refractivity contribution in [2.24, 2.45) is 5.41 Å². The molecular formula is C7H11NaO2. The second-order valence-corrected chi connectivity index (χ2v) is 2.92. The summed E-state index contributed by atoms with van der Waals surface area (Å²) < 4.78 is 0. The molecule has 52 valence electrons. The van der Waals surface area contributed by atoms with E-state index >= 15 is 0 Å². The monoisotopic (exact) mass is 150 g/mol. The number of carbonyl (C=O) groups is 1. The number of hydrogen-bond acceptors (Lipinski definition) is 2. The molecule has 0 saturated carbocycles. The van der Waals surface area contributed by atoms with Crippen molar-refractivity contribution in [3.8, 4) is 0 Å².